The summed E-state index contributed by atoms with van der Waals surface area (Å²) < 4.78 is 27.7. The van der Waals surface area contributed by atoms with Crippen molar-refractivity contribution in [3.05, 3.63) is 56.1 Å². The van der Waals surface area contributed by atoms with Gasteiger partial charge in [0.25, 0.3) is 15.9 Å². The number of carbonyl (C=O) groups excluding carboxylic acids is 1. The van der Waals surface area contributed by atoms with E-state index < -0.39 is 22.5 Å². The van der Waals surface area contributed by atoms with Crippen LogP contribution in [0.2, 0.25) is 10.0 Å². The molecule has 2 aromatic rings. The number of amides is 1. The van der Waals surface area contributed by atoms with E-state index in [1.165, 1.54) is 18.2 Å². The SMILES string of the molecule is NNC(=O)CN(c1cccc(I)c1)S(=O)(=O)c1ccc(Cl)c(Cl)c1. The molecule has 128 valence electrons. The number of rotatable bonds is 5. The fraction of sp³-hybridized carbons (Fsp3) is 0.0714. The third kappa shape index (κ3) is 4.31. The summed E-state index contributed by atoms with van der Waals surface area (Å²) in [5.41, 5.74) is 2.26. The molecule has 0 heterocycles. The van der Waals surface area contributed by atoms with Crippen LogP contribution in [0.3, 0.4) is 0 Å². The maximum Gasteiger partial charge on any atom is 0.264 e. The van der Waals surface area contributed by atoms with Crippen molar-refractivity contribution in [3.63, 3.8) is 0 Å². The zero-order valence-corrected chi connectivity index (χ0v) is 16.5. The number of sulfonamides is 1. The molecule has 0 bridgehead atoms. The summed E-state index contributed by atoms with van der Waals surface area (Å²) in [6.45, 7) is -0.473. The molecule has 0 aliphatic rings. The Kier molecular flexibility index (Phi) is 6.32. The molecule has 0 fully saturated rings. The van der Waals surface area contributed by atoms with Crippen LogP contribution in [0.15, 0.2) is 47.4 Å². The number of anilines is 1. The molecule has 1 amide bonds. The summed E-state index contributed by atoms with van der Waals surface area (Å²) in [6.07, 6.45) is 0. The molecule has 6 nitrogen and oxygen atoms in total. The molecular formula is C14H12Cl2IN3O3S. The lowest BCUT2D eigenvalue weighted by molar-refractivity contribution is -0.119. The molecule has 2 aromatic carbocycles. The van der Waals surface area contributed by atoms with Crippen LogP contribution >= 0.6 is 45.8 Å². The van der Waals surface area contributed by atoms with Crippen LogP contribution in [-0.4, -0.2) is 20.9 Å². The molecule has 2 rings (SSSR count). The number of nitrogens with two attached hydrogens (primary N) is 1. The lowest BCUT2D eigenvalue weighted by Gasteiger charge is -2.24. The van der Waals surface area contributed by atoms with Crippen LogP contribution in [0, 0.1) is 3.57 Å². The Morgan fingerprint density at radius 3 is 2.46 bits per heavy atom. The molecule has 0 aliphatic heterocycles. The number of carbonyl (C=O) groups is 1. The number of nitrogens with one attached hydrogen (secondary N) is 1. The second kappa shape index (κ2) is 7.87. The second-order valence-corrected chi connectivity index (χ2v) is 8.56. The highest BCUT2D eigenvalue weighted by Crippen LogP contribution is 2.29. The van der Waals surface area contributed by atoms with Crippen LogP contribution in [0.1, 0.15) is 0 Å². The summed E-state index contributed by atoms with van der Waals surface area (Å²) in [7, 11) is -4.04. The Bertz CT molecular complexity index is 877. The molecule has 3 N–H and O–H groups in total. The van der Waals surface area contributed by atoms with E-state index in [0.717, 1.165) is 7.88 Å². The largest absolute Gasteiger partial charge is 0.293 e. The smallest absolute Gasteiger partial charge is 0.264 e. The highest BCUT2D eigenvalue weighted by molar-refractivity contribution is 14.1. The summed E-state index contributed by atoms with van der Waals surface area (Å²) in [5.74, 6) is 4.44. The summed E-state index contributed by atoms with van der Waals surface area (Å²) in [5, 5.41) is 0.333. The monoisotopic (exact) mass is 499 g/mol. The summed E-state index contributed by atoms with van der Waals surface area (Å²) >= 11 is 13.8. The van der Waals surface area contributed by atoms with Crippen LogP contribution < -0.4 is 15.6 Å². The standard InChI is InChI=1S/C14H12Cl2IN3O3S/c15-12-5-4-11(7-13(12)16)24(22,23)20(8-14(21)19-18)10-3-1-2-9(17)6-10/h1-7H,8,18H2,(H,19,21). The van der Waals surface area contributed by atoms with E-state index >= 15 is 0 Å². The molecule has 0 aromatic heterocycles. The van der Waals surface area contributed by atoms with Crippen molar-refractivity contribution in [2.75, 3.05) is 10.8 Å². The van der Waals surface area contributed by atoms with Crippen molar-refractivity contribution >= 4 is 67.4 Å². The van der Waals surface area contributed by atoms with E-state index in [1.54, 1.807) is 24.3 Å². The number of nitrogens with zero attached hydrogens (tertiary/aromatic N) is 1. The Labute approximate surface area is 163 Å². The number of hydrogen-bond donors (Lipinski definition) is 2. The predicted molar refractivity (Wildman–Crippen MR) is 102 cm³/mol. The molecule has 0 atom stereocenters. The van der Waals surface area contributed by atoms with Crippen molar-refractivity contribution in [1.82, 2.24) is 5.43 Å². The first kappa shape index (κ1) is 19.3. The summed E-state index contributed by atoms with van der Waals surface area (Å²) in [4.78, 5) is 11.6. The minimum Gasteiger partial charge on any atom is -0.293 e. The van der Waals surface area contributed by atoms with Gasteiger partial charge in [-0.1, -0.05) is 29.3 Å². The minimum absolute atomic E-state index is 0.0828. The zero-order chi connectivity index (χ0) is 17.9. The van der Waals surface area contributed by atoms with E-state index in [0.29, 0.717) is 5.69 Å². The lowest BCUT2D eigenvalue weighted by atomic mass is 10.3. The van der Waals surface area contributed by atoms with Crippen molar-refractivity contribution in [2.45, 2.75) is 4.90 Å². The van der Waals surface area contributed by atoms with Crippen molar-refractivity contribution in [1.29, 1.82) is 0 Å². The molecule has 10 heteroatoms. The van der Waals surface area contributed by atoms with Gasteiger partial charge < -0.3 is 0 Å². The molecule has 0 saturated heterocycles. The number of hydrazine groups is 1. The third-order valence-electron chi connectivity index (χ3n) is 3.02. The van der Waals surface area contributed by atoms with Crippen LogP contribution in [0.25, 0.3) is 0 Å². The average molecular weight is 500 g/mol. The fourth-order valence-electron chi connectivity index (χ4n) is 1.89. The van der Waals surface area contributed by atoms with Crippen molar-refractivity contribution < 1.29 is 13.2 Å². The predicted octanol–water partition coefficient (Wildman–Crippen LogP) is 2.78. The van der Waals surface area contributed by atoms with E-state index in [4.69, 9.17) is 29.0 Å². The van der Waals surface area contributed by atoms with E-state index in [-0.39, 0.29) is 14.9 Å². The van der Waals surface area contributed by atoms with Crippen molar-refractivity contribution in [3.8, 4) is 0 Å². The van der Waals surface area contributed by atoms with Gasteiger partial charge in [-0.2, -0.15) is 0 Å². The maximum absolute atomic E-state index is 13.0. The van der Waals surface area contributed by atoms with Gasteiger partial charge in [-0.25, -0.2) is 14.3 Å². The Balaban J connectivity index is 2.56. The molecule has 0 radical (unpaired) electrons. The second-order valence-electron chi connectivity index (χ2n) is 4.63. The summed E-state index contributed by atoms with van der Waals surface area (Å²) in [6, 6.07) is 10.7. The van der Waals surface area contributed by atoms with Gasteiger partial charge in [-0.05, 0) is 59.0 Å². The maximum atomic E-state index is 13.0. The molecule has 24 heavy (non-hydrogen) atoms. The molecule has 0 aliphatic carbocycles. The van der Waals surface area contributed by atoms with E-state index in [2.05, 4.69) is 0 Å². The van der Waals surface area contributed by atoms with Crippen LogP contribution in [0.5, 0.6) is 0 Å². The van der Waals surface area contributed by atoms with Gasteiger partial charge in [0.05, 0.1) is 20.6 Å². The first-order valence-corrected chi connectivity index (χ1v) is 9.76. The first-order chi connectivity index (χ1) is 11.3. The Morgan fingerprint density at radius 1 is 1.17 bits per heavy atom. The van der Waals surface area contributed by atoms with Gasteiger partial charge in [0.15, 0.2) is 0 Å². The van der Waals surface area contributed by atoms with Crippen molar-refractivity contribution in [2.24, 2.45) is 5.84 Å². The fourth-order valence-corrected chi connectivity index (χ4v) is 4.22. The molecule has 0 spiro atoms. The molecule has 0 unspecified atom stereocenters. The minimum atomic E-state index is -4.04. The molecule has 0 saturated carbocycles. The van der Waals surface area contributed by atoms with E-state index in [9.17, 15) is 13.2 Å². The Morgan fingerprint density at radius 2 is 1.88 bits per heavy atom. The average Bonchev–Trinajstić information content (AvgIpc) is 2.54. The van der Waals surface area contributed by atoms with Gasteiger partial charge in [0.2, 0.25) is 0 Å². The van der Waals surface area contributed by atoms with E-state index in [1.807, 2.05) is 28.0 Å². The molecular weight excluding hydrogens is 488 g/mol. The van der Waals surface area contributed by atoms with Gasteiger partial charge in [-0.3, -0.25) is 14.5 Å². The highest BCUT2D eigenvalue weighted by atomic mass is 127. The van der Waals surface area contributed by atoms with Crippen LogP contribution in [-0.2, 0) is 14.8 Å². The normalized spacial score (nSPS) is 11.2. The number of hydrogen-bond acceptors (Lipinski definition) is 4. The number of benzene rings is 2. The zero-order valence-electron chi connectivity index (χ0n) is 12.0. The van der Waals surface area contributed by atoms with Gasteiger partial charge in [-0.15, -0.1) is 0 Å². The number of halogens is 3. The lowest BCUT2D eigenvalue weighted by Crippen LogP contribution is -2.43. The Hall–Kier alpha value is -1.07. The van der Waals surface area contributed by atoms with Gasteiger partial charge >= 0.3 is 0 Å². The highest BCUT2D eigenvalue weighted by Gasteiger charge is 2.27. The third-order valence-corrected chi connectivity index (χ3v) is 6.20. The van der Waals surface area contributed by atoms with Gasteiger partial charge in [0, 0.05) is 3.57 Å². The quantitative estimate of drug-likeness (QED) is 0.286. The van der Waals surface area contributed by atoms with Crippen LogP contribution in [0.4, 0.5) is 5.69 Å². The topological polar surface area (TPSA) is 92.5 Å². The van der Waals surface area contributed by atoms with Gasteiger partial charge in [0.1, 0.15) is 6.54 Å². The first-order valence-electron chi connectivity index (χ1n) is 6.48.